The first-order chi connectivity index (χ1) is 19.9. The van der Waals surface area contributed by atoms with Crippen molar-refractivity contribution in [3.63, 3.8) is 0 Å². The van der Waals surface area contributed by atoms with Crippen LogP contribution in [-0.2, 0) is 31.1 Å². The number of nitrogens with zero attached hydrogens (tertiary/aromatic N) is 4. The monoisotopic (exact) mass is 624 g/mol. The van der Waals surface area contributed by atoms with Crippen LogP contribution in [0.2, 0.25) is 0 Å². The Morgan fingerprint density at radius 2 is 1.79 bits per heavy atom. The molecule has 4 rings (SSSR count). The quantitative estimate of drug-likeness (QED) is 0.134. The second-order valence-electron chi connectivity index (χ2n) is 11.1. The highest BCUT2D eigenvalue weighted by Crippen LogP contribution is 2.52. The summed E-state index contributed by atoms with van der Waals surface area (Å²) in [6, 6.07) is 5.26. The van der Waals surface area contributed by atoms with E-state index in [1.165, 1.54) is 45.2 Å². The fourth-order valence-electron chi connectivity index (χ4n) is 5.62. The van der Waals surface area contributed by atoms with Gasteiger partial charge in [0.15, 0.2) is 0 Å². The van der Waals surface area contributed by atoms with Gasteiger partial charge in [0.1, 0.15) is 12.3 Å². The Labute approximate surface area is 251 Å². The SMILES string of the molecule is CCCCN(CCCC)S(=O)(=O)N1CC(SC2=C(C(=O)OCc3ccc([N+](=O)[O-])cc3)N3C(=O)[C@H]([C@@H](C)O)[C@H]3[C@H]2C)C1. The van der Waals surface area contributed by atoms with Gasteiger partial charge in [-0.2, -0.15) is 17.0 Å². The van der Waals surface area contributed by atoms with Crippen molar-refractivity contribution in [1.29, 1.82) is 0 Å². The molecular weight excluding hydrogens is 584 g/mol. The van der Waals surface area contributed by atoms with E-state index in [1.807, 2.05) is 20.8 Å². The lowest BCUT2D eigenvalue weighted by Gasteiger charge is -2.46. The number of esters is 1. The molecule has 2 saturated heterocycles. The van der Waals surface area contributed by atoms with Gasteiger partial charge in [-0.25, -0.2) is 4.79 Å². The van der Waals surface area contributed by atoms with Gasteiger partial charge in [-0.05, 0) is 37.5 Å². The molecule has 2 fully saturated rings. The number of ether oxygens (including phenoxy) is 1. The number of nitro benzene ring substituents is 1. The van der Waals surface area contributed by atoms with Gasteiger partial charge in [0.2, 0.25) is 5.91 Å². The summed E-state index contributed by atoms with van der Waals surface area (Å²) in [6.07, 6.45) is 2.50. The van der Waals surface area contributed by atoms with Crippen LogP contribution in [0.3, 0.4) is 0 Å². The van der Waals surface area contributed by atoms with E-state index >= 15 is 0 Å². The molecule has 3 aliphatic rings. The van der Waals surface area contributed by atoms with Gasteiger partial charge < -0.3 is 14.7 Å². The summed E-state index contributed by atoms with van der Waals surface area (Å²) in [5.41, 5.74) is 0.610. The third kappa shape index (κ3) is 6.37. The Hall–Kier alpha value is -2.52. The fourth-order valence-corrected chi connectivity index (χ4v) is 9.11. The summed E-state index contributed by atoms with van der Waals surface area (Å²) in [6.45, 7) is 8.94. The third-order valence-electron chi connectivity index (χ3n) is 8.10. The predicted octanol–water partition coefficient (Wildman–Crippen LogP) is 3.27. The number of rotatable bonds is 15. The lowest BCUT2D eigenvalue weighted by Crippen LogP contribution is -2.63. The first-order valence-electron chi connectivity index (χ1n) is 14.5. The summed E-state index contributed by atoms with van der Waals surface area (Å²) in [7, 11) is -3.60. The average molecular weight is 625 g/mol. The molecule has 0 spiro atoms. The highest BCUT2D eigenvalue weighted by Gasteiger charge is 2.60. The molecule has 3 aliphatic heterocycles. The van der Waals surface area contributed by atoms with Crippen LogP contribution in [0.4, 0.5) is 5.69 Å². The van der Waals surface area contributed by atoms with E-state index < -0.39 is 33.1 Å². The average Bonchev–Trinajstić information content (AvgIpc) is 3.16. The number of aliphatic hydroxyl groups is 1. The molecule has 12 nitrogen and oxygen atoms in total. The van der Waals surface area contributed by atoms with E-state index in [1.54, 1.807) is 11.2 Å². The maximum Gasteiger partial charge on any atom is 0.356 e. The number of thioether (sulfide) groups is 1. The maximum absolute atomic E-state index is 13.4. The van der Waals surface area contributed by atoms with Crippen molar-refractivity contribution in [2.75, 3.05) is 26.2 Å². The van der Waals surface area contributed by atoms with Crippen LogP contribution < -0.4 is 0 Å². The van der Waals surface area contributed by atoms with Gasteiger partial charge in [0, 0.05) is 54.4 Å². The van der Waals surface area contributed by atoms with Gasteiger partial charge >= 0.3 is 5.97 Å². The van der Waals surface area contributed by atoms with Crippen LogP contribution in [0, 0.1) is 22.0 Å². The van der Waals surface area contributed by atoms with Crippen LogP contribution in [0.15, 0.2) is 34.9 Å². The summed E-state index contributed by atoms with van der Waals surface area (Å²) >= 11 is 1.40. The van der Waals surface area contributed by atoms with Crippen molar-refractivity contribution in [3.8, 4) is 0 Å². The molecule has 1 aromatic carbocycles. The molecule has 0 aliphatic carbocycles. The van der Waals surface area contributed by atoms with Gasteiger partial charge in [-0.3, -0.25) is 14.9 Å². The van der Waals surface area contributed by atoms with Crippen LogP contribution in [0.1, 0.15) is 58.9 Å². The zero-order valence-electron chi connectivity index (χ0n) is 24.5. The van der Waals surface area contributed by atoms with Crippen LogP contribution in [0.5, 0.6) is 0 Å². The number of non-ortho nitro benzene ring substituents is 1. The molecule has 1 N–H and O–H groups in total. The lowest BCUT2D eigenvalue weighted by molar-refractivity contribution is -0.384. The van der Waals surface area contributed by atoms with Crippen LogP contribution in [0.25, 0.3) is 0 Å². The van der Waals surface area contributed by atoms with Gasteiger partial charge in [-0.15, -0.1) is 11.8 Å². The van der Waals surface area contributed by atoms with E-state index in [2.05, 4.69) is 0 Å². The Morgan fingerprint density at radius 1 is 1.19 bits per heavy atom. The normalized spacial score (nSPS) is 23.5. The number of benzene rings is 1. The van der Waals surface area contributed by atoms with Crippen molar-refractivity contribution in [3.05, 3.63) is 50.5 Å². The standard InChI is InChI=1S/C28H40N4O8S2/c1-5-7-13-29(14-8-6-2)42(38,39)30-15-22(16-30)41-26-18(3)24-23(19(4)33)27(34)31(24)25(26)28(35)40-17-20-9-11-21(12-10-20)32(36)37/h9-12,18-19,22-24,33H,5-8,13-17H2,1-4H3/t18-,19-,23-,24-/m1/s1. The van der Waals surface area contributed by atoms with Gasteiger partial charge in [0.05, 0.1) is 23.0 Å². The smallest absolute Gasteiger partial charge is 0.356 e. The molecule has 0 radical (unpaired) electrons. The number of amides is 1. The molecule has 0 saturated carbocycles. The Bertz CT molecular complexity index is 1300. The minimum absolute atomic E-state index is 0.0790. The topological polar surface area (TPSA) is 151 Å². The molecule has 42 heavy (non-hydrogen) atoms. The number of β-lactam (4-membered cyclic amide) rings is 1. The molecule has 1 aromatic rings. The highest BCUT2D eigenvalue weighted by molar-refractivity contribution is 8.04. The minimum atomic E-state index is -3.60. The zero-order chi connectivity index (χ0) is 30.8. The zero-order valence-corrected chi connectivity index (χ0v) is 26.1. The first-order valence-corrected chi connectivity index (χ1v) is 16.8. The molecular formula is C28H40N4O8S2. The van der Waals surface area contributed by atoms with Gasteiger partial charge in [-0.1, -0.05) is 33.6 Å². The molecule has 232 valence electrons. The summed E-state index contributed by atoms with van der Waals surface area (Å²) < 4.78 is 35.3. The molecule has 4 atom stereocenters. The van der Waals surface area contributed by atoms with E-state index in [4.69, 9.17) is 4.74 Å². The number of carbonyl (C=O) groups excluding carboxylic acids is 2. The largest absolute Gasteiger partial charge is 0.456 e. The number of aliphatic hydroxyl groups excluding tert-OH is 1. The molecule has 14 heteroatoms. The Kier molecular flexibility index (Phi) is 10.3. The highest BCUT2D eigenvalue weighted by atomic mass is 32.2. The van der Waals surface area contributed by atoms with Crippen molar-refractivity contribution in [2.24, 2.45) is 11.8 Å². The van der Waals surface area contributed by atoms with E-state index in [0.717, 1.165) is 25.7 Å². The number of hydrogen-bond donors (Lipinski definition) is 1. The number of nitro groups is 1. The van der Waals surface area contributed by atoms with Crippen LogP contribution >= 0.6 is 11.8 Å². The van der Waals surface area contributed by atoms with E-state index in [0.29, 0.717) is 36.6 Å². The van der Waals surface area contributed by atoms with Crippen molar-refractivity contribution < 1.29 is 32.8 Å². The molecule has 0 bridgehead atoms. The number of fused-ring (bicyclic) bond motifs is 1. The van der Waals surface area contributed by atoms with E-state index in [9.17, 15) is 33.2 Å². The van der Waals surface area contributed by atoms with E-state index in [-0.39, 0.29) is 41.1 Å². The lowest BCUT2D eigenvalue weighted by atomic mass is 9.79. The van der Waals surface area contributed by atoms with Crippen molar-refractivity contribution in [2.45, 2.75) is 77.4 Å². The number of carbonyl (C=O) groups is 2. The second kappa shape index (κ2) is 13.4. The summed E-state index contributed by atoms with van der Waals surface area (Å²) in [4.78, 5) is 38.9. The molecule has 0 aromatic heterocycles. The molecule has 0 unspecified atom stereocenters. The second-order valence-corrected chi connectivity index (χ2v) is 14.4. The summed E-state index contributed by atoms with van der Waals surface area (Å²) in [5, 5.41) is 21.1. The number of unbranched alkanes of at least 4 members (excludes halogenated alkanes) is 2. The fraction of sp³-hybridized carbons (Fsp3) is 0.643. The Morgan fingerprint density at radius 3 is 2.31 bits per heavy atom. The Balaban J connectivity index is 1.49. The van der Waals surface area contributed by atoms with Crippen molar-refractivity contribution >= 4 is 39.5 Å². The first kappa shape index (κ1) is 32.4. The molecule has 1 amide bonds. The van der Waals surface area contributed by atoms with Crippen LogP contribution in [-0.4, -0.2) is 87.4 Å². The number of hydrogen-bond acceptors (Lipinski definition) is 9. The molecule has 3 heterocycles. The van der Waals surface area contributed by atoms with Crippen molar-refractivity contribution in [1.82, 2.24) is 13.5 Å². The minimum Gasteiger partial charge on any atom is -0.456 e. The maximum atomic E-state index is 13.4. The predicted molar refractivity (Wildman–Crippen MR) is 158 cm³/mol. The summed E-state index contributed by atoms with van der Waals surface area (Å²) in [5.74, 6) is -1.93. The third-order valence-corrected chi connectivity index (χ3v) is 11.5. The van der Waals surface area contributed by atoms with Gasteiger partial charge in [0.25, 0.3) is 15.9 Å².